The van der Waals surface area contributed by atoms with E-state index >= 15 is 0 Å². The third kappa shape index (κ3) is 2.26. The molecule has 3 heterocycles. The molecular formula is C21H24N2O3. The maximum Gasteiger partial charge on any atom is 0.316 e. The maximum absolute atomic E-state index is 12.5. The fourth-order valence-electron chi connectivity index (χ4n) is 5.61. The van der Waals surface area contributed by atoms with Gasteiger partial charge in [0.2, 0.25) is 0 Å². The van der Waals surface area contributed by atoms with Crippen LogP contribution in [-0.2, 0) is 20.7 Å². The molecule has 0 bridgehead atoms. The molecule has 1 saturated heterocycles. The summed E-state index contributed by atoms with van der Waals surface area (Å²) < 4.78 is 4.98. The molecule has 5 nitrogen and oxygen atoms in total. The van der Waals surface area contributed by atoms with Crippen LogP contribution in [0.2, 0.25) is 0 Å². The first-order chi connectivity index (χ1) is 12.7. The van der Waals surface area contributed by atoms with Crippen LogP contribution in [0.25, 0.3) is 10.9 Å². The molecular weight excluding hydrogens is 328 g/mol. The molecule has 2 fully saturated rings. The van der Waals surface area contributed by atoms with Crippen molar-refractivity contribution in [3.8, 4) is 0 Å². The van der Waals surface area contributed by atoms with Crippen LogP contribution in [0.15, 0.2) is 24.3 Å². The number of para-hydroxylation sites is 1. The summed E-state index contributed by atoms with van der Waals surface area (Å²) in [4.78, 5) is 31.0. The predicted molar refractivity (Wildman–Crippen MR) is 97.7 cm³/mol. The van der Waals surface area contributed by atoms with Crippen LogP contribution in [0.5, 0.6) is 0 Å². The number of ether oxygens (including phenoxy) is 1. The van der Waals surface area contributed by atoms with Crippen molar-refractivity contribution in [2.24, 2.45) is 17.8 Å². The number of esters is 1. The molecule has 1 aromatic heterocycles. The van der Waals surface area contributed by atoms with Gasteiger partial charge in [0.25, 0.3) is 0 Å². The van der Waals surface area contributed by atoms with Gasteiger partial charge in [0.1, 0.15) is 11.7 Å². The Morgan fingerprint density at radius 2 is 2.12 bits per heavy atom. The van der Waals surface area contributed by atoms with Gasteiger partial charge in [-0.3, -0.25) is 14.5 Å². The highest BCUT2D eigenvalue weighted by Crippen LogP contribution is 2.48. The summed E-state index contributed by atoms with van der Waals surface area (Å²) in [5, 5.41) is 1.31. The van der Waals surface area contributed by atoms with E-state index in [9.17, 15) is 9.59 Å². The zero-order valence-electron chi connectivity index (χ0n) is 15.0. The molecule has 1 aliphatic carbocycles. The number of piperidine rings is 1. The van der Waals surface area contributed by atoms with Crippen LogP contribution in [0.1, 0.15) is 36.6 Å². The smallest absolute Gasteiger partial charge is 0.316 e. The van der Waals surface area contributed by atoms with E-state index in [0.29, 0.717) is 12.3 Å². The number of hydrogen-bond acceptors (Lipinski definition) is 4. The lowest BCUT2D eigenvalue weighted by atomic mass is 9.65. The van der Waals surface area contributed by atoms with Crippen LogP contribution >= 0.6 is 0 Å². The van der Waals surface area contributed by atoms with Gasteiger partial charge < -0.3 is 9.72 Å². The Labute approximate surface area is 152 Å². The van der Waals surface area contributed by atoms with Crippen LogP contribution < -0.4 is 0 Å². The lowest BCUT2D eigenvalue weighted by Gasteiger charge is -2.49. The summed E-state index contributed by atoms with van der Waals surface area (Å²) in [6.07, 6.45) is 3.33. The lowest BCUT2D eigenvalue weighted by molar-refractivity contribution is -0.157. The number of hydrogen-bond donors (Lipinski definition) is 1. The first-order valence-electron chi connectivity index (χ1n) is 9.61. The molecule has 136 valence electrons. The van der Waals surface area contributed by atoms with Crippen LogP contribution in [0.3, 0.4) is 0 Å². The van der Waals surface area contributed by atoms with Gasteiger partial charge in [0, 0.05) is 36.1 Å². The summed E-state index contributed by atoms with van der Waals surface area (Å²) >= 11 is 0. The summed E-state index contributed by atoms with van der Waals surface area (Å²) in [6.45, 7) is 2.03. The molecule has 1 saturated carbocycles. The minimum Gasteiger partial charge on any atom is -0.468 e. The SMILES string of the molecule is COC(=O)[C@H]1C(=O)CC[C@@H]2CN3CCc4c([nH]c5ccccc45)[C@H]3C[C@@H]21. The number of Topliss-reactive ketones (excluding diaryl/α,β-unsaturated/α-hetero) is 1. The van der Waals surface area contributed by atoms with Crippen molar-refractivity contribution in [3.05, 3.63) is 35.5 Å². The highest BCUT2D eigenvalue weighted by Gasteiger charge is 2.49. The van der Waals surface area contributed by atoms with E-state index in [4.69, 9.17) is 4.74 Å². The van der Waals surface area contributed by atoms with Gasteiger partial charge in [-0.1, -0.05) is 18.2 Å². The molecule has 5 heteroatoms. The first-order valence-corrected chi connectivity index (χ1v) is 9.61. The van der Waals surface area contributed by atoms with Crippen LogP contribution in [-0.4, -0.2) is 41.8 Å². The molecule has 1 N–H and O–H groups in total. The Morgan fingerprint density at radius 3 is 2.96 bits per heavy atom. The number of ketones is 1. The second-order valence-electron chi connectivity index (χ2n) is 7.99. The maximum atomic E-state index is 12.5. The molecule has 2 aromatic rings. The average Bonchev–Trinajstić information content (AvgIpc) is 3.05. The third-order valence-corrected chi connectivity index (χ3v) is 6.83. The Morgan fingerprint density at radius 1 is 1.27 bits per heavy atom. The van der Waals surface area contributed by atoms with E-state index in [1.807, 2.05) is 0 Å². The fourth-order valence-corrected chi connectivity index (χ4v) is 5.61. The number of benzene rings is 1. The van der Waals surface area contributed by atoms with Gasteiger partial charge in [0.05, 0.1) is 13.2 Å². The normalized spacial score (nSPS) is 31.2. The number of aromatic amines is 1. The Bertz CT molecular complexity index is 879. The van der Waals surface area contributed by atoms with Gasteiger partial charge in [0.15, 0.2) is 0 Å². The Balaban J connectivity index is 1.53. The van der Waals surface area contributed by atoms with E-state index in [2.05, 4.69) is 34.1 Å². The van der Waals surface area contributed by atoms with E-state index in [-0.39, 0.29) is 23.7 Å². The van der Waals surface area contributed by atoms with Gasteiger partial charge in [-0.05, 0) is 42.7 Å². The van der Waals surface area contributed by atoms with E-state index < -0.39 is 5.92 Å². The average molecular weight is 352 g/mol. The van der Waals surface area contributed by atoms with Crippen molar-refractivity contribution in [3.63, 3.8) is 0 Å². The first kappa shape index (κ1) is 16.1. The highest BCUT2D eigenvalue weighted by atomic mass is 16.5. The minimum absolute atomic E-state index is 0.0687. The molecule has 3 aliphatic rings. The number of nitrogens with zero attached hydrogens (tertiary/aromatic N) is 1. The summed E-state index contributed by atoms with van der Waals surface area (Å²) in [5.74, 6) is -0.331. The van der Waals surface area contributed by atoms with Crippen molar-refractivity contribution in [2.45, 2.75) is 31.7 Å². The largest absolute Gasteiger partial charge is 0.468 e. The standard InChI is InChI=1S/C21H24N2O3/c1-26-21(25)19-15-10-17-20-14(13-4-2-3-5-16(13)22-20)8-9-23(17)11-12(15)6-7-18(19)24/h2-5,12,15,17,19,22H,6-11H2,1H3/t12-,15+,17-,19-/m1/s1. The molecule has 5 rings (SSSR count). The predicted octanol–water partition coefficient (Wildman–Crippen LogP) is 2.86. The second kappa shape index (κ2) is 5.95. The summed E-state index contributed by atoms with van der Waals surface area (Å²) in [6, 6.07) is 8.74. The minimum atomic E-state index is -0.573. The van der Waals surface area contributed by atoms with Gasteiger partial charge >= 0.3 is 5.97 Å². The van der Waals surface area contributed by atoms with Crippen molar-refractivity contribution >= 4 is 22.7 Å². The van der Waals surface area contributed by atoms with E-state index in [1.165, 1.54) is 29.3 Å². The zero-order chi connectivity index (χ0) is 17.8. The summed E-state index contributed by atoms with van der Waals surface area (Å²) in [7, 11) is 1.39. The van der Waals surface area contributed by atoms with Crippen molar-refractivity contribution in [2.75, 3.05) is 20.2 Å². The number of nitrogens with one attached hydrogen (secondary N) is 1. The third-order valence-electron chi connectivity index (χ3n) is 6.83. The molecule has 0 spiro atoms. The molecule has 1 aromatic carbocycles. The number of carbonyl (C=O) groups is 2. The van der Waals surface area contributed by atoms with Gasteiger partial charge in [-0.25, -0.2) is 0 Å². The monoisotopic (exact) mass is 352 g/mol. The van der Waals surface area contributed by atoms with Crippen molar-refractivity contribution in [1.82, 2.24) is 9.88 Å². The number of aromatic nitrogens is 1. The molecule has 2 aliphatic heterocycles. The fraction of sp³-hybridized carbons (Fsp3) is 0.524. The molecule has 26 heavy (non-hydrogen) atoms. The van der Waals surface area contributed by atoms with Gasteiger partial charge in [-0.2, -0.15) is 0 Å². The number of rotatable bonds is 1. The number of methoxy groups -OCH3 is 1. The highest BCUT2D eigenvalue weighted by molar-refractivity contribution is 6.00. The van der Waals surface area contributed by atoms with Crippen LogP contribution in [0.4, 0.5) is 0 Å². The number of H-pyrrole nitrogens is 1. The second-order valence-corrected chi connectivity index (χ2v) is 7.99. The Kier molecular flexibility index (Phi) is 3.67. The van der Waals surface area contributed by atoms with E-state index in [1.54, 1.807) is 0 Å². The number of carbonyl (C=O) groups excluding carboxylic acids is 2. The van der Waals surface area contributed by atoms with Crippen molar-refractivity contribution in [1.29, 1.82) is 0 Å². The van der Waals surface area contributed by atoms with Crippen molar-refractivity contribution < 1.29 is 14.3 Å². The zero-order valence-corrected chi connectivity index (χ0v) is 15.0. The van der Waals surface area contributed by atoms with Crippen LogP contribution in [0, 0.1) is 17.8 Å². The molecule has 0 radical (unpaired) electrons. The topological polar surface area (TPSA) is 62.4 Å². The quantitative estimate of drug-likeness (QED) is 0.633. The number of fused-ring (bicyclic) bond motifs is 6. The summed E-state index contributed by atoms with van der Waals surface area (Å²) in [5.41, 5.74) is 3.89. The van der Waals surface area contributed by atoms with E-state index in [0.717, 1.165) is 32.4 Å². The Hall–Kier alpha value is -2.14. The van der Waals surface area contributed by atoms with Gasteiger partial charge in [-0.15, -0.1) is 0 Å². The molecule has 0 amide bonds. The molecule has 0 unspecified atom stereocenters. The molecule has 4 atom stereocenters. The lowest BCUT2D eigenvalue weighted by Crippen LogP contribution is -2.52.